The predicted octanol–water partition coefficient (Wildman–Crippen LogP) is 3.09. The summed E-state index contributed by atoms with van der Waals surface area (Å²) in [6.07, 6.45) is 9.61. The summed E-state index contributed by atoms with van der Waals surface area (Å²) in [7, 11) is -3.97. The molecule has 0 bridgehead atoms. The third-order valence-corrected chi connectivity index (χ3v) is 7.36. The number of benzene rings is 1. The molecule has 0 spiro atoms. The molecule has 3 fully saturated rings. The van der Waals surface area contributed by atoms with Crippen molar-refractivity contribution in [2.24, 2.45) is 17.0 Å². The quantitative estimate of drug-likeness (QED) is 0.466. The van der Waals surface area contributed by atoms with Crippen LogP contribution in [0.3, 0.4) is 0 Å². The molecule has 0 radical (unpaired) electrons. The first-order valence-electron chi connectivity index (χ1n) is 10.6. The second-order valence-corrected chi connectivity index (χ2v) is 10.5. The topological polar surface area (TPSA) is 119 Å². The highest BCUT2D eigenvalue weighted by Gasteiger charge is 2.34. The van der Waals surface area contributed by atoms with Crippen molar-refractivity contribution in [2.45, 2.75) is 68.3 Å². The number of nitrogens with zero attached hydrogens (tertiary/aromatic N) is 2. The molecular weight excluding hydrogens is 392 g/mol. The Kier molecular flexibility index (Phi) is 5.81. The van der Waals surface area contributed by atoms with Crippen LogP contribution in [-0.2, 0) is 10.0 Å². The fourth-order valence-corrected chi connectivity index (χ4v) is 4.94. The first-order valence-corrected chi connectivity index (χ1v) is 12.2. The van der Waals surface area contributed by atoms with Gasteiger partial charge in [-0.2, -0.15) is 0 Å². The Labute approximate surface area is 172 Å². The van der Waals surface area contributed by atoms with E-state index in [0.717, 1.165) is 43.6 Å². The van der Waals surface area contributed by atoms with Crippen molar-refractivity contribution in [1.29, 1.82) is 0 Å². The molecule has 29 heavy (non-hydrogen) atoms. The summed E-state index contributed by atoms with van der Waals surface area (Å²) in [6.45, 7) is 2.47. The number of nitrogens with two attached hydrogens (primary N) is 1. The van der Waals surface area contributed by atoms with E-state index in [1.165, 1.54) is 50.9 Å². The van der Waals surface area contributed by atoms with Gasteiger partial charge >= 0.3 is 0 Å². The summed E-state index contributed by atoms with van der Waals surface area (Å²) >= 11 is 0. The van der Waals surface area contributed by atoms with Crippen molar-refractivity contribution < 1.29 is 13.3 Å². The average molecular weight is 423 g/mol. The van der Waals surface area contributed by atoms with Crippen LogP contribution in [0.2, 0.25) is 0 Å². The number of nitro groups is 1. The number of hydrogen-bond acceptors (Lipinski definition) is 6. The van der Waals surface area contributed by atoms with E-state index in [0.29, 0.717) is 11.7 Å². The zero-order valence-corrected chi connectivity index (χ0v) is 17.4. The van der Waals surface area contributed by atoms with Gasteiger partial charge in [-0.05, 0) is 75.3 Å². The standard InChI is InChI=1S/C20H30N4O4S/c21-29(27,28)18-9-10-19(20(11-18)24(25)26)22-16-5-7-17(8-6-16)23(12-14-1-2-14)13-15-3-4-15/h9-11,14-17,22H,1-8,12-13H2,(H2,21,27,28). The van der Waals surface area contributed by atoms with Crippen LogP contribution in [-0.4, -0.2) is 43.4 Å². The van der Waals surface area contributed by atoms with E-state index in [2.05, 4.69) is 10.2 Å². The molecule has 0 heterocycles. The first-order chi connectivity index (χ1) is 13.8. The lowest BCUT2D eigenvalue weighted by molar-refractivity contribution is -0.384. The Bertz CT molecular complexity index is 845. The highest BCUT2D eigenvalue weighted by atomic mass is 32.2. The Morgan fingerprint density at radius 1 is 1.03 bits per heavy atom. The minimum atomic E-state index is -3.97. The lowest BCUT2D eigenvalue weighted by atomic mass is 9.89. The van der Waals surface area contributed by atoms with Crippen LogP contribution in [0.1, 0.15) is 51.4 Å². The summed E-state index contributed by atoms with van der Waals surface area (Å²) in [5.41, 5.74) is 0.112. The molecule has 4 rings (SSSR count). The molecule has 0 saturated heterocycles. The van der Waals surface area contributed by atoms with Gasteiger partial charge in [-0.3, -0.25) is 15.0 Å². The number of nitro benzene ring substituents is 1. The van der Waals surface area contributed by atoms with Crippen molar-refractivity contribution in [2.75, 3.05) is 18.4 Å². The highest BCUT2D eigenvalue weighted by molar-refractivity contribution is 7.89. The minimum absolute atomic E-state index is 0.161. The normalized spacial score (nSPS) is 25.2. The molecule has 1 aromatic carbocycles. The van der Waals surface area contributed by atoms with E-state index in [-0.39, 0.29) is 16.6 Å². The smallest absolute Gasteiger partial charge is 0.293 e. The molecule has 3 aliphatic rings. The molecule has 0 aromatic heterocycles. The summed E-state index contributed by atoms with van der Waals surface area (Å²) in [5.74, 6) is 1.79. The number of sulfonamides is 1. The summed E-state index contributed by atoms with van der Waals surface area (Å²) in [6, 6.07) is 4.60. The molecule has 0 amide bonds. The van der Waals surface area contributed by atoms with Crippen molar-refractivity contribution in [3.8, 4) is 0 Å². The molecular formula is C20H30N4O4S. The number of anilines is 1. The molecule has 0 aliphatic heterocycles. The van der Waals surface area contributed by atoms with Crippen LogP contribution in [0.4, 0.5) is 11.4 Å². The summed E-state index contributed by atoms with van der Waals surface area (Å²) in [4.78, 5) is 13.3. The van der Waals surface area contributed by atoms with Crippen LogP contribution in [0, 0.1) is 22.0 Å². The molecule has 9 heteroatoms. The van der Waals surface area contributed by atoms with E-state index >= 15 is 0 Å². The van der Waals surface area contributed by atoms with Crippen LogP contribution in [0.15, 0.2) is 23.1 Å². The predicted molar refractivity (Wildman–Crippen MR) is 111 cm³/mol. The molecule has 0 atom stereocenters. The van der Waals surface area contributed by atoms with Gasteiger partial charge in [0.15, 0.2) is 0 Å². The molecule has 1 aromatic rings. The van der Waals surface area contributed by atoms with Crippen LogP contribution < -0.4 is 10.5 Å². The van der Waals surface area contributed by atoms with Crippen LogP contribution >= 0.6 is 0 Å². The van der Waals surface area contributed by atoms with Gasteiger partial charge in [0.1, 0.15) is 5.69 Å². The van der Waals surface area contributed by atoms with E-state index in [4.69, 9.17) is 5.14 Å². The number of primary sulfonamides is 1. The third-order valence-electron chi connectivity index (χ3n) is 6.45. The molecule has 160 valence electrons. The molecule has 3 saturated carbocycles. The second-order valence-electron chi connectivity index (χ2n) is 8.97. The van der Waals surface area contributed by atoms with Gasteiger partial charge in [0.2, 0.25) is 10.0 Å². The molecule has 8 nitrogen and oxygen atoms in total. The maximum atomic E-state index is 11.5. The first kappa shape index (κ1) is 20.6. The highest BCUT2D eigenvalue weighted by Crippen LogP contribution is 2.37. The fraction of sp³-hybridized carbons (Fsp3) is 0.700. The van der Waals surface area contributed by atoms with Gasteiger partial charge in [0, 0.05) is 31.2 Å². The molecule has 3 aliphatic carbocycles. The zero-order chi connectivity index (χ0) is 20.6. The third kappa shape index (κ3) is 5.46. The summed E-state index contributed by atoms with van der Waals surface area (Å²) in [5, 5.41) is 19.8. The number of hydrogen-bond donors (Lipinski definition) is 2. The van der Waals surface area contributed by atoms with Gasteiger partial charge in [-0.25, -0.2) is 13.6 Å². The van der Waals surface area contributed by atoms with Gasteiger partial charge in [0.05, 0.1) is 9.82 Å². The van der Waals surface area contributed by atoms with Crippen molar-refractivity contribution in [3.63, 3.8) is 0 Å². The van der Waals surface area contributed by atoms with E-state index in [1.54, 1.807) is 0 Å². The van der Waals surface area contributed by atoms with Crippen molar-refractivity contribution in [1.82, 2.24) is 4.90 Å². The molecule has 3 N–H and O–H groups in total. The van der Waals surface area contributed by atoms with Gasteiger partial charge in [-0.15, -0.1) is 0 Å². The SMILES string of the molecule is NS(=O)(=O)c1ccc(NC2CCC(N(CC3CC3)CC3CC3)CC2)c([N+](=O)[O-])c1. The van der Waals surface area contributed by atoms with E-state index in [1.807, 2.05) is 0 Å². The Balaban J connectivity index is 1.38. The Hall–Kier alpha value is -1.71. The minimum Gasteiger partial charge on any atom is -0.377 e. The van der Waals surface area contributed by atoms with E-state index in [9.17, 15) is 18.5 Å². The summed E-state index contributed by atoms with van der Waals surface area (Å²) < 4.78 is 23.0. The van der Waals surface area contributed by atoms with Gasteiger partial charge in [-0.1, -0.05) is 0 Å². The maximum absolute atomic E-state index is 11.5. The van der Waals surface area contributed by atoms with E-state index < -0.39 is 14.9 Å². The lowest BCUT2D eigenvalue weighted by Gasteiger charge is -2.37. The average Bonchev–Trinajstić information content (AvgIpc) is 3.57. The molecule has 0 unspecified atom stereocenters. The van der Waals surface area contributed by atoms with Gasteiger partial charge < -0.3 is 5.32 Å². The van der Waals surface area contributed by atoms with Crippen LogP contribution in [0.25, 0.3) is 0 Å². The maximum Gasteiger partial charge on any atom is 0.293 e. The second kappa shape index (κ2) is 8.20. The van der Waals surface area contributed by atoms with Crippen LogP contribution in [0.5, 0.6) is 0 Å². The Morgan fingerprint density at radius 3 is 2.10 bits per heavy atom. The lowest BCUT2D eigenvalue weighted by Crippen LogP contribution is -2.42. The number of rotatable bonds is 9. The van der Waals surface area contributed by atoms with Crippen molar-refractivity contribution in [3.05, 3.63) is 28.3 Å². The van der Waals surface area contributed by atoms with Gasteiger partial charge in [0.25, 0.3) is 5.69 Å². The monoisotopic (exact) mass is 422 g/mol. The zero-order valence-electron chi connectivity index (χ0n) is 16.6. The number of nitrogens with one attached hydrogen (secondary N) is 1. The Morgan fingerprint density at radius 2 is 1.62 bits per heavy atom. The largest absolute Gasteiger partial charge is 0.377 e. The van der Waals surface area contributed by atoms with Crippen molar-refractivity contribution >= 4 is 21.4 Å². The fourth-order valence-electron chi connectivity index (χ4n) is 4.40.